The van der Waals surface area contributed by atoms with Gasteiger partial charge in [0.2, 0.25) is 0 Å². The summed E-state index contributed by atoms with van der Waals surface area (Å²) < 4.78 is 5.25. The molecule has 4 aromatic rings. The minimum absolute atomic E-state index is 0.147. The van der Waals surface area contributed by atoms with Gasteiger partial charge in [-0.3, -0.25) is 4.79 Å². The molecule has 2 aromatic heterocycles. The quantitative estimate of drug-likeness (QED) is 0.544. The lowest BCUT2D eigenvalue weighted by molar-refractivity contribution is 0.102. The van der Waals surface area contributed by atoms with E-state index in [1.807, 2.05) is 41.8 Å². The number of nitrogens with one attached hydrogen (secondary N) is 1. The van der Waals surface area contributed by atoms with Crippen LogP contribution in [0.3, 0.4) is 0 Å². The number of anilines is 1. The van der Waals surface area contributed by atoms with Gasteiger partial charge in [-0.2, -0.15) is 11.3 Å². The van der Waals surface area contributed by atoms with Crippen LogP contribution in [0.1, 0.15) is 10.4 Å². The molecule has 5 heteroatoms. The Hall–Kier alpha value is -3.18. The number of aromatic nitrogens is 1. The zero-order chi connectivity index (χ0) is 17.1. The number of nitrogens with zero attached hydrogens (tertiary/aromatic N) is 1. The van der Waals surface area contributed by atoms with E-state index in [0.717, 1.165) is 22.4 Å². The van der Waals surface area contributed by atoms with Crippen LogP contribution in [0, 0.1) is 0 Å². The predicted molar refractivity (Wildman–Crippen MR) is 99.6 cm³/mol. The zero-order valence-corrected chi connectivity index (χ0v) is 14.0. The summed E-state index contributed by atoms with van der Waals surface area (Å²) in [5.74, 6) is 0.530. The third kappa shape index (κ3) is 3.36. The molecule has 2 heterocycles. The molecular weight excluding hydrogens is 332 g/mol. The Balaban J connectivity index is 1.51. The smallest absolute Gasteiger partial charge is 0.255 e. The summed E-state index contributed by atoms with van der Waals surface area (Å²) >= 11 is 1.65. The van der Waals surface area contributed by atoms with Gasteiger partial charge in [0.25, 0.3) is 5.91 Å². The number of benzene rings is 2. The molecule has 0 radical (unpaired) electrons. The molecule has 4 rings (SSSR count). The molecule has 2 aromatic carbocycles. The Kier molecular flexibility index (Phi) is 4.14. The van der Waals surface area contributed by atoms with Crippen LogP contribution in [0.15, 0.2) is 82.4 Å². The second-order valence-electron chi connectivity index (χ2n) is 5.49. The van der Waals surface area contributed by atoms with Gasteiger partial charge in [0.15, 0.2) is 12.2 Å². The Morgan fingerprint density at radius 3 is 2.60 bits per heavy atom. The molecule has 4 nitrogen and oxygen atoms in total. The summed E-state index contributed by atoms with van der Waals surface area (Å²) in [4.78, 5) is 16.4. The first-order valence-corrected chi connectivity index (χ1v) is 8.67. The van der Waals surface area contributed by atoms with Crippen LogP contribution >= 0.6 is 11.3 Å². The molecule has 1 amide bonds. The van der Waals surface area contributed by atoms with E-state index in [0.29, 0.717) is 11.3 Å². The van der Waals surface area contributed by atoms with Gasteiger partial charge in [-0.15, -0.1) is 0 Å². The number of carbonyl (C=O) groups excluding carboxylic acids is 1. The standard InChI is InChI=1S/C20H14N2O2S/c23-20(15-6-4-14(5-7-15)19-11-21-13-24-19)22-18-3-1-2-16(10-18)17-8-9-25-12-17/h1-13H,(H,22,23). The average molecular weight is 346 g/mol. The molecule has 25 heavy (non-hydrogen) atoms. The maximum atomic E-state index is 12.5. The Morgan fingerprint density at radius 1 is 1.00 bits per heavy atom. The highest BCUT2D eigenvalue weighted by Crippen LogP contribution is 2.25. The van der Waals surface area contributed by atoms with Gasteiger partial charge in [-0.05, 0) is 52.2 Å². The van der Waals surface area contributed by atoms with Crippen molar-refractivity contribution >= 4 is 22.9 Å². The van der Waals surface area contributed by atoms with E-state index in [-0.39, 0.29) is 5.91 Å². The molecule has 0 saturated carbocycles. The molecule has 0 saturated heterocycles. The van der Waals surface area contributed by atoms with Crippen LogP contribution < -0.4 is 5.32 Å². The topological polar surface area (TPSA) is 55.1 Å². The van der Waals surface area contributed by atoms with Crippen molar-refractivity contribution in [2.24, 2.45) is 0 Å². The lowest BCUT2D eigenvalue weighted by Gasteiger charge is -2.07. The molecule has 0 bridgehead atoms. The summed E-state index contributed by atoms with van der Waals surface area (Å²) in [6.07, 6.45) is 3.03. The van der Waals surface area contributed by atoms with Crippen molar-refractivity contribution in [3.63, 3.8) is 0 Å². The molecule has 0 aliphatic rings. The molecule has 0 aliphatic carbocycles. The molecule has 0 spiro atoms. The highest BCUT2D eigenvalue weighted by molar-refractivity contribution is 7.08. The summed E-state index contributed by atoms with van der Waals surface area (Å²) in [5, 5.41) is 7.07. The van der Waals surface area contributed by atoms with E-state index in [2.05, 4.69) is 21.7 Å². The molecule has 122 valence electrons. The van der Waals surface area contributed by atoms with Gasteiger partial charge in [-0.25, -0.2) is 4.98 Å². The Labute approximate surface area is 148 Å². The van der Waals surface area contributed by atoms with Crippen LogP contribution in [0.4, 0.5) is 5.69 Å². The minimum Gasteiger partial charge on any atom is -0.444 e. The molecule has 0 aliphatic heterocycles. The lowest BCUT2D eigenvalue weighted by Crippen LogP contribution is -2.11. The third-order valence-electron chi connectivity index (χ3n) is 3.84. The number of amides is 1. The fraction of sp³-hybridized carbons (Fsp3) is 0. The van der Waals surface area contributed by atoms with Crippen LogP contribution in [0.25, 0.3) is 22.5 Å². The Bertz CT molecular complexity index is 975. The van der Waals surface area contributed by atoms with Crippen molar-refractivity contribution in [3.8, 4) is 22.5 Å². The first-order valence-electron chi connectivity index (χ1n) is 7.72. The van der Waals surface area contributed by atoms with E-state index < -0.39 is 0 Å². The zero-order valence-electron chi connectivity index (χ0n) is 13.2. The maximum absolute atomic E-state index is 12.5. The molecule has 0 unspecified atom stereocenters. The SMILES string of the molecule is O=C(Nc1cccc(-c2ccsc2)c1)c1ccc(-c2cnco2)cc1. The first-order chi connectivity index (χ1) is 12.3. The van der Waals surface area contributed by atoms with E-state index in [1.165, 1.54) is 6.39 Å². The summed E-state index contributed by atoms with van der Waals surface area (Å²) in [6.45, 7) is 0. The fourth-order valence-corrected chi connectivity index (χ4v) is 3.22. The average Bonchev–Trinajstić information content (AvgIpc) is 3.36. The monoisotopic (exact) mass is 346 g/mol. The highest BCUT2D eigenvalue weighted by Gasteiger charge is 2.08. The first kappa shape index (κ1) is 15.4. The van der Waals surface area contributed by atoms with E-state index in [1.54, 1.807) is 29.7 Å². The van der Waals surface area contributed by atoms with Crippen LogP contribution in [0.5, 0.6) is 0 Å². The van der Waals surface area contributed by atoms with E-state index in [9.17, 15) is 4.79 Å². The van der Waals surface area contributed by atoms with Crippen molar-refractivity contribution in [1.29, 1.82) is 0 Å². The molecule has 1 N–H and O–H groups in total. The van der Waals surface area contributed by atoms with Crippen LogP contribution in [-0.4, -0.2) is 10.9 Å². The van der Waals surface area contributed by atoms with Gasteiger partial charge < -0.3 is 9.73 Å². The van der Waals surface area contributed by atoms with Gasteiger partial charge >= 0.3 is 0 Å². The fourth-order valence-electron chi connectivity index (χ4n) is 2.55. The van der Waals surface area contributed by atoms with Crippen molar-refractivity contribution in [2.75, 3.05) is 5.32 Å². The maximum Gasteiger partial charge on any atom is 0.255 e. The van der Waals surface area contributed by atoms with Crippen molar-refractivity contribution < 1.29 is 9.21 Å². The van der Waals surface area contributed by atoms with Gasteiger partial charge in [0.1, 0.15) is 0 Å². The Morgan fingerprint density at radius 2 is 1.88 bits per heavy atom. The summed E-state index contributed by atoms with van der Waals surface area (Å²) in [5.41, 5.74) is 4.47. The number of hydrogen-bond acceptors (Lipinski definition) is 4. The molecular formula is C20H14N2O2S. The van der Waals surface area contributed by atoms with Crippen molar-refractivity contribution in [1.82, 2.24) is 4.98 Å². The van der Waals surface area contributed by atoms with E-state index >= 15 is 0 Å². The van der Waals surface area contributed by atoms with Gasteiger partial charge in [-0.1, -0.05) is 24.3 Å². The third-order valence-corrected chi connectivity index (χ3v) is 4.52. The second kappa shape index (κ2) is 6.75. The minimum atomic E-state index is -0.147. The largest absolute Gasteiger partial charge is 0.444 e. The van der Waals surface area contributed by atoms with Gasteiger partial charge in [0, 0.05) is 16.8 Å². The van der Waals surface area contributed by atoms with Crippen LogP contribution in [-0.2, 0) is 0 Å². The molecule has 0 fully saturated rings. The summed E-state index contributed by atoms with van der Waals surface area (Å²) in [7, 11) is 0. The van der Waals surface area contributed by atoms with Crippen molar-refractivity contribution in [3.05, 3.63) is 83.5 Å². The van der Waals surface area contributed by atoms with E-state index in [4.69, 9.17) is 4.42 Å². The number of hydrogen-bond donors (Lipinski definition) is 1. The second-order valence-corrected chi connectivity index (χ2v) is 6.27. The van der Waals surface area contributed by atoms with Crippen LogP contribution in [0.2, 0.25) is 0 Å². The normalized spacial score (nSPS) is 10.6. The number of rotatable bonds is 4. The van der Waals surface area contributed by atoms with Crippen molar-refractivity contribution in [2.45, 2.75) is 0 Å². The highest BCUT2D eigenvalue weighted by atomic mass is 32.1. The number of thiophene rings is 1. The number of carbonyl (C=O) groups is 1. The lowest BCUT2D eigenvalue weighted by atomic mass is 10.1. The summed E-state index contributed by atoms with van der Waals surface area (Å²) in [6, 6.07) is 17.1. The van der Waals surface area contributed by atoms with Gasteiger partial charge in [0.05, 0.1) is 6.20 Å². The molecule has 0 atom stereocenters. The predicted octanol–water partition coefficient (Wildman–Crippen LogP) is 5.32. The number of oxazole rings is 1.